The second-order valence-electron chi connectivity index (χ2n) is 12.1. The fourth-order valence-electron chi connectivity index (χ4n) is 7.37. The first-order chi connectivity index (χ1) is 22.3. The zero-order valence-electron chi connectivity index (χ0n) is 24.5. The summed E-state index contributed by atoms with van der Waals surface area (Å²) < 4.78 is 9.12. The van der Waals surface area contributed by atoms with Crippen LogP contribution in [0.1, 0.15) is 22.9 Å². The van der Waals surface area contributed by atoms with E-state index in [2.05, 4.69) is 143 Å². The minimum atomic E-state index is 0.183. The highest BCUT2D eigenvalue weighted by molar-refractivity contribution is 7.26. The molecule has 2 aromatic heterocycles. The summed E-state index contributed by atoms with van der Waals surface area (Å²) in [6, 6.07) is 50.8. The van der Waals surface area contributed by atoms with E-state index in [0.29, 0.717) is 0 Å². The highest BCUT2D eigenvalue weighted by Gasteiger charge is 2.46. The lowest BCUT2D eigenvalue weighted by Gasteiger charge is -2.08. The molecule has 0 saturated carbocycles. The van der Waals surface area contributed by atoms with Crippen molar-refractivity contribution in [3.8, 4) is 0 Å². The number of para-hydroxylation sites is 2. The molecule has 1 aliphatic rings. The number of hydrazine groups is 1. The van der Waals surface area contributed by atoms with E-state index in [1.807, 2.05) is 17.4 Å². The van der Waals surface area contributed by atoms with Gasteiger partial charge in [0.05, 0.1) is 0 Å². The highest BCUT2D eigenvalue weighted by atomic mass is 32.1. The van der Waals surface area contributed by atoms with E-state index in [0.717, 1.165) is 24.3 Å². The lowest BCUT2D eigenvalue weighted by Crippen LogP contribution is -2.07. The van der Waals surface area contributed by atoms with Crippen LogP contribution < -0.4 is 0 Å². The molecule has 0 bridgehead atoms. The number of hydrogen-bond donors (Lipinski definition) is 0. The number of furan rings is 1. The predicted octanol–water partition coefficient (Wildman–Crippen LogP) is 11.2. The van der Waals surface area contributed by atoms with Gasteiger partial charge in [-0.2, -0.15) is 0 Å². The summed E-state index contributed by atoms with van der Waals surface area (Å²) >= 11 is 1.89. The molecule has 9 aromatic rings. The molecule has 3 heterocycles. The van der Waals surface area contributed by atoms with Crippen molar-refractivity contribution in [1.82, 2.24) is 10.0 Å². The smallest absolute Gasteiger partial charge is 0.139 e. The molecule has 10 rings (SSSR count). The Morgan fingerprint density at radius 1 is 0.533 bits per heavy atom. The lowest BCUT2D eigenvalue weighted by molar-refractivity contribution is 0.293. The fraction of sp³-hybridized carbons (Fsp3) is 0.0732. The van der Waals surface area contributed by atoms with Crippen molar-refractivity contribution in [2.75, 3.05) is 0 Å². The Bertz CT molecular complexity index is 2580. The van der Waals surface area contributed by atoms with Gasteiger partial charge in [0.25, 0.3) is 0 Å². The fourth-order valence-corrected chi connectivity index (χ4v) is 8.48. The van der Waals surface area contributed by atoms with Crippen LogP contribution in [0.3, 0.4) is 0 Å². The van der Waals surface area contributed by atoms with Crippen molar-refractivity contribution in [3.05, 3.63) is 156 Å². The highest BCUT2D eigenvalue weighted by Crippen LogP contribution is 2.47. The SMILES string of the molecule is c1ccc(CN2C(c3ccc4c(ccc5ccc6sc7ccccc7c6c54)c3)N2Cc2cccc3c2oc2ccccc23)cc1. The molecule has 1 fully saturated rings. The lowest BCUT2D eigenvalue weighted by atomic mass is 9.96. The number of fused-ring (bicyclic) bond motifs is 10. The van der Waals surface area contributed by atoms with Gasteiger partial charge in [-0.05, 0) is 56.9 Å². The van der Waals surface area contributed by atoms with Gasteiger partial charge < -0.3 is 4.42 Å². The van der Waals surface area contributed by atoms with E-state index in [1.165, 1.54) is 69.2 Å². The molecule has 0 N–H and O–H groups in total. The number of nitrogens with zero attached hydrogens (tertiary/aromatic N) is 2. The van der Waals surface area contributed by atoms with E-state index in [1.54, 1.807) is 0 Å². The van der Waals surface area contributed by atoms with Crippen LogP contribution >= 0.6 is 11.3 Å². The van der Waals surface area contributed by atoms with Gasteiger partial charge in [0, 0.05) is 49.6 Å². The van der Waals surface area contributed by atoms with E-state index in [-0.39, 0.29) is 6.17 Å². The zero-order chi connectivity index (χ0) is 29.5. The molecule has 4 heteroatoms. The van der Waals surface area contributed by atoms with Crippen LogP contribution in [0.4, 0.5) is 0 Å². The van der Waals surface area contributed by atoms with Gasteiger partial charge in [-0.3, -0.25) is 0 Å². The molecule has 214 valence electrons. The monoisotopic (exact) mass is 596 g/mol. The Labute approximate surface area is 264 Å². The van der Waals surface area contributed by atoms with E-state index < -0.39 is 0 Å². The largest absolute Gasteiger partial charge is 0.456 e. The molecule has 3 nitrogen and oxygen atoms in total. The summed E-state index contributed by atoms with van der Waals surface area (Å²) in [5.41, 5.74) is 5.77. The van der Waals surface area contributed by atoms with Gasteiger partial charge in [0.2, 0.25) is 0 Å². The van der Waals surface area contributed by atoms with Crippen molar-refractivity contribution < 1.29 is 4.42 Å². The molecule has 3 unspecified atom stereocenters. The number of thiophene rings is 1. The summed E-state index contributed by atoms with van der Waals surface area (Å²) in [5.74, 6) is 0. The van der Waals surface area contributed by atoms with Gasteiger partial charge in [-0.1, -0.05) is 115 Å². The third-order valence-electron chi connectivity index (χ3n) is 9.51. The molecule has 1 saturated heterocycles. The van der Waals surface area contributed by atoms with Crippen molar-refractivity contribution in [2.24, 2.45) is 0 Å². The van der Waals surface area contributed by atoms with Gasteiger partial charge in [0.1, 0.15) is 17.3 Å². The van der Waals surface area contributed by atoms with Crippen LogP contribution in [0.2, 0.25) is 0 Å². The Kier molecular flexibility index (Phi) is 5.49. The van der Waals surface area contributed by atoms with Gasteiger partial charge in [-0.15, -0.1) is 11.3 Å². The first-order valence-electron chi connectivity index (χ1n) is 15.5. The number of benzene rings is 7. The van der Waals surface area contributed by atoms with Gasteiger partial charge in [0.15, 0.2) is 0 Å². The Balaban J connectivity index is 1.08. The van der Waals surface area contributed by atoms with Crippen molar-refractivity contribution in [2.45, 2.75) is 19.3 Å². The number of rotatable bonds is 5. The first-order valence-corrected chi connectivity index (χ1v) is 16.3. The summed E-state index contributed by atoms with van der Waals surface area (Å²) in [6.45, 7) is 1.64. The van der Waals surface area contributed by atoms with E-state index in [9.17, 15) is 0 Å². The second kappa shape index (κ2) is 9.75. The Morgan fingerprint density at radius 3 is 2.22 bits per heavy atom. The summed E-state index contributed by atoms with van der Waals surface area (Å²) in [5, 5.41) is 15.3. The normalized spacial score (nSPS) is 18.2. The van der Waals surface area contributed by atoms with E-state index >= 15 is 0 Å². The maximum absolute atomic E-state index is 6.42. The average Bonchev–Trinajstić information content (AvgIpc) is 3.41. The molecular weight excluding hydrogens is 569 g/mol. The van der Waals surface area contributed by atoms with Gasteiger partial charge >= 0.3 is 0 Å². The minimum absolute atomic E-state index is 0.183. The van der Waals surface area contributed by atoms with Crippen molar-refractivity contribution in [3.63, 3.8) is 0 Å². The maximum Gasteiger partial charge on any atom is 0.139 e. The van der Waals surface area contributed by atoms with Crippen LogP contribution in [-0.4, -0.2) is 10.0 Å². The molecule has 45 heavy (non-hydrogen) atoms. The molecule has 3 atom stereocenters. The third-order valence-corrected chi connectivity index (χ3v) is 10.6. The second-order valence-corrected chi connectivity index (χ2v) is 13.2. The standard InChI is InChI=1S/C41H28N2OS/c1-2-9-26(10-3-1)24-42-41(43(42)25-30-11-8-14-33-32-12-4-6-15-35(32)44-40(30)33)29-19-21-31-28(23-29)18-17-27-20-22-37-39(38(27)31)34-13-5-7-16-36(34)45-37/h1-23,41H,24-25H2. The summed E-state index contributed by atoms with van der Waals surface area (Å²) in [4.78, 5) is 0. The van der Waals surface area contributed by atoms with E-state index in [4.69, 9.17) is 4.42 Å². The maximum atomic E-state index is 6.42. The summed E-state index contributed by atoms with van der Waals surface area (Å²) in [6.07, 6.45) is 0.183. The number of hydrogen-bond acceptors (Lipinski definition) is 4. The summed E-state index contributed by atoms with van der Waals surface area (Å²) in [7, 11) is 0. The van der Waals surface area contributed by atoms with Gasteiger partial charge in [-0.25, -0.2) is 10.0 Å². The van der Waals surface area contributed by atoms with Crippen LogP contribution in [0.25, 0.3) is 63.7 Å². The molecule has 0 radical (unpaired) electrons. The molecule has 0 spiro atoms. The topological polar surface area (TPSA) is 19.2 Å². The zero-order valence-corrected chi connectivity index (χ0v) is 25.3. The molecule has 0 amide bonds. The van der Waals surface area contributed by atoms with Crippen molar-refractivity contribution in [1.29, 1.82) is 0 Å². The van der Waals surface area contributed by atoms with Crippen LogP contribution in [0, 0.1) is 0 Å². The average molecular weight is 597 g/mol. The quantitative estimate of drug-likeness (QED) is 0.145. The third kappa shape index (κ3) is 3.97. The Hall–Kier alpha value is -5.00. The predicted molar refractivity (Wildman–Crippen MR) is 188 cm³/mol. The van der Waals surface area contributed by atoms with Crippen molar-refractivity contribution >= 4 is 75.0 Å². The van der Waals surface area contributed by atoms with Crippen LogP contribution in [0.5, 0.6) is 0 Å². The van der Waals surface area contributed by atoms with Crippen LogP contribution in [0.15, 0.2) is 144 Å². The molecule has 7 aromatic carbocycles. The Morgan fingerprint density at radius 2 is 1.29 bits per heavy atom. The minimum Gasteiger partial charge on any atom is -0.456 e. The molecular formula is C41H28N2OS. The van der Waals surface area contributed by atoms with Crippen LogP contribution in [-0.2, 0) is 13.1 Å². The molecule has 0 aliphatic carbocycles. The molecule has 1 aliphatic heterocycles. The first kappa shape index (κ1) is 25.3.